The Balaban J connectivity index is 1.95. The number of carbonyl (C=O) groups is 2. The van der Waals surface area contributed by atoms with Crippen LogP contribution in [-0.4, -0.2) is 23.9 Å². The van der Waals surface area contributed by atoms with Crippen molar-refractivity contribution in [3.8, 4) is 11.5 Å². The number of anilines is 2. The van der Waals surface area contributed by atoms with Gasteiger partial charge in [-0.25, -0.2) is 0 Å². The Kier molecular flexibility index (Phi) is 6.10. The van der Waals surface area contributed by atoms with Gasteiger partial charge in [0.1, 0.15) is 11.5 Å². The van der Waals surface area contributed by atoms with Crippen LogP contribution in [0.4, 0.5) is 11.4 Å². The van der Waals surface area contributed by atoms with E-state index in [0.717, 1.165) is 0 Å². The van der Waals surface area contributed by atoms with Gasteiger partial charge in [0.25, 0.3) is 0 Å². The van der Waals surface area contributed by atoms with Gasteiger partial charge < -0.3 is 26.8 Å². The molecule has 2 aromatic carbocycles. The Morgan fingerprint density at radius 1 is 0.760 bits per heavy atom. The van der Waals surface area contributed by atoms with Crippen molar-refractivity contribution in [3.63, 3.8) is 0 Å². The highest BCUT2D eigenvalue weighted by Gasteiger charge is 2.08. The minimum atomic E-state index is -0.572. The first-order chi connectivity index (χ1) is 11.8. The number of carbonyl (C=O) groups excluding carboxylic acids is 2. The second-order valence-electron chi connectivity index (χ2n) is 5.71. The Morgan fingerprint density at radius 2 is 1.08 bits per heavy atom. The quantitative estimate of drug-likeness (QED) is 0.640. The summed E-state index contributed by atoms with van der Waals surface area (Å²) in [4.78, 5) is 23.1. The maximum absolute atomic E-state index is 11.5. The van der Waals surface area contributed by atoms with Crippen LogP contribution in [0.3, 0.4) is 0 Å². The average molecular weight is 342 g/mol. The summed E-state index contributed by atoms with van der Waals surface area (Å²) in [5, 5.41) is 5.39. The van der Waals surface area contributed by atoms with Crippen LogP contribution in [0.2, 0.25) is 0 Å². The van der Waals surface area contributed by atoms with E-state index in [1.54, 1.807) is 62.4 Å². The Hall–Kier alpha value is -2.90. The predicted octanol–water partition coefficient (Wildman–Crippen LogP) is 2.05. The third kappa shape index (κ3) is 5.59. The maximum atomic E-state index is 11.5. The van der Waals surface area contributed by atoms with Crippen LogP contribution in [0.5, 0.6) is 11.5 Å². The molecule has 2 atom stereocenters. The largest absolute Gasteiger partial charge is 0.457 e. The van der Waals surface area contributed by atoms with E-state index in [4.69, 9.17) is 16.2 Å². The molecule has 2 rings (SSSR count). The summed E-state index contributed by atoms with van der Waals surface area (Å²) in [6, 6.07) is 12.7. The number of hydrogen-bond acceptors (Lipinski definition) is 5. The van der Waals surface area contributed by atoms with E-state index in [0.29, 0.717) is 22.9 Å². The molecule has 0 radical (unpaired) electrons. The van der Waals surface area contributed by atoms with Crippen molar-refractivity contribution in [2.24, 2.45) is 11.5 Å². The molecule has 0 aliphatic carbocycles. The number of nitrogens with two attached hydrogens (primary N) is 2. The second kappa shape index (κ2) is 8.27. The minimum Gasteiger partial charge on any atom is -0.457 e. The summed E-state index contributed by atoms with van der Waals surface area (Å²) < 4.78 is 5.72. The van der Waals surface area contributed by atoms with Crippen LogP contribution in [0.25, 0.3) is 0 Å². The van der Waals surface area contributed by atoms with E-state index in [-0.39, 0.29) is 11.8 Å². The molecule has 7 nitrogen and oxygen atoms in total. The van der Waals surface area contributed by atoms with Crippen LogP contribution in [0.15, 0.2) is 48.5 Å². The highest BCUT2D eigenvalue weighted by atomic mass is 16.5. The molecule has 132 valence electrons. The van der Waals surface area contributed by atoms with Crippen molar-refractivity contribution in [1.82, 2.24) is 0 Å². The van der Waals surface area contributed by atoms with E-state index in [1.807, 2.05) is 0 Å². The predicted molar refractivity (Wildman–Crippen MR) is 97.5 cm³/mol. The Morgan fingerprint density at radius 3 is 1.36 bits per heavy atom. The summed E-state index contributed by atoms with van der Waals surface area (Å²) >= 11 is 0. The van der Waals surface area contributed by atoms with Crippen molar-refractivity contribution < 1.29 is 14.3 Å². The van der Waals surface area contributed by atoms with E-state index in [2.05, 4.69) is 10.6 Å². The first kappa shape index (κ1) is 18.4. The van der Waals surface area contributed by atoms with Gasteiger partial charge in [0.15, 0.2) is 0 Å². The van der Waals surface area contributed by atoms with Crippen molar-refractivity contribution in [1.29, 1.82) is 0 Å². The fraction of sp³-hybridized carbons (Fsp3) is 0.222. The summed E-state index contributed by atoms with van der Waals surface area (Å²) in [6.07, 6.45) is 0. The van der Waals surface area contributed by atoms with Crippen LogP contribution in [0.1, 0.15) is 13.8 Å². The lowest BCUT2D eigenvalue weighted by atomic mass is 10.2. The molecule has 7 heteroatoms. The molecule has 0 aliphatic heterocycles. The SMILES string of the molecule is CC(N)C(=O)Nc1ccc(Oc2ccc(NC(=O)C(C)N)cc2)cc1. The average Bonchev–Trinajstić information content (AvgIpc) is 2.58. The Labute approximate surface area is 146 Å². The van der Waals surface area contributed by atoms with Gasteiger partial charge in [-0.3, -0.25) is 9.59 Å². The topological polar surface area (TPSA) is 119 Å². The number of rotatable bonds is 6. The normalized spacial score (nSPS) is 12.8. The van der Waals surface area contributed by atoms with Crippen molar-refractivity contribution in [2.45, 2.75) is 25.9 Å². The number of nitrogens with one attached hydrogen (secondary N) is 2. The first-order valence-electron chi connectivity index (χ1n) is 7.86. The molecule has 25 heavy (non-hydrogen) atoms. The van der Waals surface area contributed by atoms with Gasteiger partial charge in [0.2, 0.25) is 11.8 Å². The van der Waals surface area contributed by atoms with Gasteiger partial charge in [-0.2, -0.15) is 0 Å². The summed E-state index contributed by atoms with van der Waals surface area (Å²) in [5.74, 6) is 0.730. The van der Waals surface area contributed by atoms with Gasteiger partial charge in [0.05, 0.1) is 12.1 Å². The molecular formula is C18H22N4O3. The number of ether oxygens (including phenoxy) is 1. The lowest BCUT2D eigenvalue weighted by Gasteiger charge is -2.11. The molecule has 0 heterocycles. The van der Waals surface area contributed by atoms with E-state index >= 15 is 0 Å². The second-order valence-corrected chi connectivity index (χ2v) is 5.71. The zero-order chi connectivity index (χ0) is 18.4. The minimum absolute atomic E-state index is 0.252. The molecule has 6 N–H and O–H groups in total. The van der Waals surface area contributed by atoms with Gasteiger partial charge in [0, 0.05) is 11.4 Å². The zero-order valence-corrected chi connectivity index (χ0v) is 14.2. The number of hydrogen-bond donors (Lipinski definition) is 4. The molecule has 0 spiro atoms. The molecule has 0 bridgehead atoms. The third-order valence-electron chi connectivity index (χ3n) is 3.31. The van der Waals surface area contributed by atoms with Gasteiger partial charge >= 0.3 is 0 Å². The monoisotopic (exact) mass is 342 g/mol. The van der Waals surface area contributed by atoms with Crippen molar-refractivity contribution in [2.75, 3.05) is 10.6 Å². The lowest BCUT2D eigenvalue weighted by Crippen LogP contribution is -2.32. The van der Waals surface area contributed by atoms with Crippen LogP contribution in [-0.2, 0) is 9.59 Å². The highest BCUT2D eigenvalue weighted by Crippen LogP contribution is 2.24. The summed E-state index contributed by atoms with van der Waals surface area (Å²) in [7, 11) is 0. The molecule has 0 saturated carbocycles. The van der Waals surface area contributed by atoms with E-state index < -0.39 is 12.1 Å². The molecule has 2 amide bonds. The fourth-order valence-electron chi connectivity index (χ4n) is 1.86. The molecule has 0 aromatic heterocycles. The van der Waals surface area contributed by atoms with Crippen molar-refractivity contribution >= 4 is 23.2 Å². The lowest BCUT2D eigenvalue weighted by molar-refractivity contribution is -0.117. The van der Waals surface area contributed by atoms with Gasteiger partial charge in [-0.1, -0.05) is 0 Å². The van der Waals surface area contributed by atoms with Crippen LogP contribution < -0.4 is 26.8 Å². The van der Waals surface area contributed by atoms with Gasteiger partial charge in [-0.15, -0.1) is 0 Å². The molecule has 0 fully saturated rings. The van der Waals surface area contributed by atoms with Crippen LogP contribution in [0, 0.1) is 0 Å². The van der Waals surface area contributed by atoms with Gasteiger partial charge in [-0.05, 0) is 62.4 Å². The Bertz CT molecular complexity index is 661. The molecule has 2 unspecified atom stereocenters. The fourth-order valence-corrected chi connectivity index (χ4v) is 1.86. The molecule has 0 aliphatic rings. The smallest absolute Gasteiger partial charge is 0.240 e. The third-order valence-corrected chi connectivity index (χ3v) is 3.31. The standard InChI is InChI=1S/C18H22N4O3/c1-11(19)17(23)21-13-3-7-15(8-4-13)25-16-9-5-14(6-10-16)22-18(24)12(2)20/h3-12H,19-20H2,1-2H3,(H,21,23)(H,22,24). The summed E-state index contributed by atoms with van der Waals surface area (Å²) in [5.41, 5.74) is 12.3. The number of benzene rings is 2. The highest BCUT2D eigenvalue weighted by molar-refractivity contribution is 5.94. The molecular weight excluding hydrogens is 320 g/mol. The van der Waals surface area contributed by atoms with Crippen molar-refractivity contribution in [3.05, 3.63) is 48.5 Å². The van der Waals surface area contributed by atoms with E-state index in [1.165, 1.54) is 0 Å². The number of amides is 2. The maximum Gasteiger partial charge on any atom is 0.240 e. The first-order valence-corrected chi connectivity index (χ1v) is 7.86. The molecule has 0 saturated heterocycles. The zero-order valence-electron chi connectivity index (χ0n) is 14.2. The molecule has 2 aromatic rings. The van der Waals surface area contributed by atoms with E-state index in [9.17, 15) is 9.59 Å². The van der Waals surface area contributed by atoms with Crippen LogP contribution >= 0.6 is 0 Å². The summed E-state index contributed by atoms with van der Waals surface area (Å²) in [6.45, 7) is 3.24.